The van der Waals surface area contributed by atoms with Crippen LogP contribution in [0.1, 0.15) is 117 Å². The second kappa shape index (κ2) is 25.4. The van der Waals surface area contributed by atoms with E-state index in [2.05, 4.69) is 62.4 Å². The molecule has 0 N–H and O–H groups in total. The molecule has 4 heteroatoms. The summed E-state index contributed by atoms with van der Waals surface area (Å²) in [6.45, 7) is 5.63. The van der Waals surface area contributed by atoms with E-state index in [1.807, 2.05) is 12.1 Å². The summed E-state index contributed by atoms with van der Waals surface area (Å²) in [5.74, 6) is 0. The lowest BCUT2D eigenvalue weighted by Crippen LogP contribution is -2.05. The lowest BCUT2D eigenvalue weighted by molar-refractivity contribution is -0.204. The highest BCUT2D eigenvalue weighted by Gasteiger charge is 1.98. The minimum atomic E-state index is -1.90. The minimum absolute atomic E-state index is 0.571. The first-order chi connectivity index (χ1) is 17.8. The third-order valence-electron chi connectivity index (χ3n) is 6.27. The van der Waals surface area contributed by atoms with E-state index in [9.17, 15) is 4.89 Å². The number of unbranched alkanes of at least 4 members (excludes halogenated alkanes) is 14. The maximum absolute atomic E-state index is 11.6. The monoisotopic (exact) mass is 515 g/mol. The summed E-state index contributed by atoms with van der Waals surface area (Å²) in [5.41, 5.74) is 2.55. The van der Waals surface area contributed by atoms with Gasteiger partial charge >= 0.3 is 0 Å². The minimum Gasteiger partial charge on any atom is -0.786 e. The van der Waals surface area contributed by atoms with E-state index in [1.165, 1.54) is 101 Å². The molecule has 36 heavy (non-hydrogen) atoms. The average molecular weight is 516 g/mol. The Morgan fingerprint density at radius 1 is 0.472 bits per heavy atom. The predicted octanol–water partition coefficient (Wildman–Crippen LogP) is 10.2. The van der Waals surface area contributed by atoms with Crippen LogP contribution in [0.3, 0.4) is 0 Å². The molecule has 0 aliphatic rings. The summed E-state index contributed by atoms with van der Waals surface area (Å²) in [5, 5.41) is 0. The fraction of sp³-hybridized carbons (Fsp3) is 0.625. The van der Waals surface area contributed by atoms with Gasteiger partial charge in [-0.3, -0.25) is 0 Å². The van der Waals surface area contributed by atoms with Crippen LogP contribution in [0.4, 0.5) is 0 Å². The predicted molar refractivity (Wildman–Crippen MR) is 156 cm³/mol. The SMILES string of the molecule is CCCCCCCCCCOP([O-])OCCCCCCCCCC.c1ccc(-c2ccccc2)cc1. The Kier molecular flexibility index (Phi) is 23.1. The number of hydrogen-bond donors (Lipinski definition) is 0. The first-order valence-corrected chi connectivity index (χ1v) is 15.7. The van der Waals surface area contributed by atoms with Crippen molar-refractivity contribution in [3.05, 3.63) is 60.7 Å². The zero-order valence-electron chi connectivity index (χ0n) is 23.2. The van der Waals surface area contributed by atoms with Crippen LogP contribution in [0.2, 0.25) is 0 Å². The topological polar surface area (TPSA) is 41.5 Å². The van der Waals surface area contributed by atoms with Gasteiger partial charge < -0.3 is 13.9 Å². The lowest BCUT2D eigenvalue weighted by atomic mass is 10.1. The van der Waals surface area contributed by atoms with Gasteiger partial charge in [-0.15, -0.1) is 0 Å². The van der Waals surface area contributed by atoms with Gasteiger partial charge in [-0.25, -0.2) is 0 Å². The van der Waals surface area contributed by atoms with Gasteiger partial charge in [-0.05, 0) is 24.0 Å². The first-order valence-electron chi connectivity index (χ1n) is 14.6. The third-order valence-corrected chi connectivity index (χ3v) is 7.06. The van der Waals surface area contributed by atoms with Gasteiger partial charge in [0.15, 0.2) is 0 Å². The molecule has 0 amide bonds. The maximum Gasteiger partial charge on any atom is 0.0828 e. The van der Waals surface area contributed by atoms with Crippen molar-refractivity contribution in [2.75, 3.05) is 13.2 Å². The molecule has 0 radical (unpaired) electrons. The summed E-state index contributed by atoms with van der Waals surface area (Å²) < 4.78 is 10.5. The van der Waals surface area contributed by atoms with E-state index in [4.69, 9.17) is 9.05 Å². The maximum atomic E-state index is 11.6. The van der Waals surface area contributed by atoms with Gasteiger partial charge in [-0.1, -0.05) is 164 Å². The molecule has 0 spiro atoms. The van der Waals surface area contributed by atoms with E-state index in [-0.39, 0.29) is 0 Å². The van der Waals surface area contributed by atoms with E-state index in [0.717, 1.165) is 12.8 Å². The Balaban J connectivity index is 0.000000442. The standard InChI is InChI=1S/C20H42O3P.C12H10/c1-3-5-7-9-11-13-15-17-19-22-24(21)23-20-18-16-14-12-10-8-6-4-2;1-3-7-11(8-4-1)12-9-5-2-6-10-12/h3-20H2,1-2H3;1-10H/q-1;. The van der Waals surface area contributed by atoms with Crippen molar-refractivity contribution < 1.29 is 13.9 Å². The molecule has 0 saturated heterocycles. The lowest BCUT2D eigenvalue weighted by Gasteiger charge is -2.22. The molecule has 2 rings (SSSR count). The average Bonchev–Trinajstić information content (AvgIpc) is 2.92. The summed E-state index contributed by atoms with van der Waals surface area (Å²) in [6, 6.07) is 20.8. The molecule has 0 bridgehead atoms. The van der Waals surface area contributed by atoms with Gasteiger partial charge in [0.2, 0.25) is 0 Å². The Morgan fingerprint density at radius 2 is 0.778 bits per heavy atom. The Morgan fingerprint density at radius 3 is 1.11 bits per heavy atom. The second-order valence-electron chi connectivity index (χ2n) is 9.57. The van der Waals surface area contributed by atoms with Gasteiger partial charge in [0.05, 0.1) is 21.8 Å². The molecule has 0 unspecified atom stereocenters. The van der Waals surface area contributed by atoms with Gasteiger partial charge in [-0.2, -0.15) is 0 Å². The van der Waals surface area contributed by atoms with Gasteiger partial charge in [0.25, 0.3) is 0 Å². The van der Waals surface area contributed by atoms with Crippen LogP contribution >= 0.6 is 8.60 Å². The molecule has 0 aromatic heterocycles. The Bertz CT molecular complexity index is 621. The van der Waals surface area contributed by atoms with E-state index in [1.54, 1.807) is 0 Å². The fourth-order valence-electron chi connectivity index (χ4n) is 4.05. The van der Waals surface area contributed by atoms with Crippen LogP contribution in [-0.4, -0.2) is 13.2 Å². The summed E-state index contributed by atoms with van der Waals surface area (Å²) >= 11 is 0. The second-order valence-corrected chi connectivity index (χ2v) is 10.5. The highest BCUT2D eigenvalue weighted by Crippen LogP contribution is 2.28. The zero-order valence-corrected chi connectivity index (χ0v) is 24.1. The van der Waals surface area contributed by atoms with Crippen molar-refractivity contribution in [1.82, 2.24) is 0 Å². The van der Waals surface area contributed by atoms with Crippen LogP contribution in [0, 0.1) is 0 Å². The Labute approximate surface area is 224 Å². The molecule has 2 aromatic rings. The first kappa shape index (κ1) is 32.8. The molecular weight excluding hydrogens is 463 g/mol. The number of hydrogen-bond acceptors (Lipinski definition) is 3. The summed E-state index contributed by atoms with van der Waals surface area (Å²) in [4.78, 5) is 11.6. The molecule has 204 valence electrons. The summed E-state index contributed by atoms with van der Waals surface area (Å²) in [7, 11) is -1.90. The van der Waals surface area contributed by atoms with Crippen LogP contribution in [0.5, 0.6) is 0 Å². The van der Waals surface area contributed by atoms with Crippen molar-refractivity contribution in [2.24, 2.45) is 0 Å². The van der Waals surface area contributed by atoms with Crippen molar-refractivity contribution in [2.45, 2.75) is 117 Å². The zero-order chi connectivity index (χ0) is 25.9. The van der Waals surface area contributed by atoms with E-state index < -0.39 is 8.60 Å². The van der Waals surface area contributed by atoms with Crippen LogP contribution in [-0.2, 0) is 9.05 Å². The summed E-state index contributed by atoms with van der Waals surface area (Å²) in [6.07, 6.45) is 20.3. The molecule has 0 atom stereocenters. The number of benzene rings is 2. The smallest absolute Gasteiger partial charge is 0.0828 e. The molecule has 0 heterocycles. The van der Waals surface area contributed by atoms with Gasteiger partial charge in [0, 0.05) is 0 Å². The fourth-order valence-corrected chi connectivity index (χ4v) is 4.68. The van der Waals surface area contributed by atoms with Crippen molar-refractivity contribution >= 4 is 8.60 Å². The highest BCUT2D eigenvalue weighted by molar-refractivity contribution is 7.39. The van der Waals surface area contributed by atoms with Crippen molar-refractivity contribution in [3.63, 3.8) is 0 Å². The molecule has 0 fully saturated rings. The highest BCUT2D eigenvalue weighted by atomic mass is 31.2. The van der Waals surface area contributed by atoms with E-state index >= 15 is 0 Å². The molecule has 0 aliphatic carbocycles. The van der Waals surface area contributed by atoms with Crippen LogP contribution < -0.4 is 4.89 Å². The van der Waals surface area contributed by atoms with E-state index in [0.29, 0.717) is 13.2 Å². The van der Waals surface area contributed by atoms with Crippen molar-refractivity contribution in [1.29, 1.82) is 0 Å². The van der Waals surface area contributed by atoms with Crippen LogP contribution in [0.15, 0.2) is 60.7 Å². The Hall–Kier alpha value is -1.25. The molecule has 3 nitrogen and oxygen atoms in total. The molecule has 2 aromatic carbocycles. The van der Waals surface area contributed by atoms with Gasteiger partial charge in [0.1, 0.15) is 0 Å². The quantitative estimate of drug-likeness (QED) is 0.123. The normalized spacial score (nSPS) is 10.9. The molecular formula is C32H52O3P-. The molecule has 0 saturated carbocycles. The van der Waals surface area contributed by atoms with Crippen molar-refractivity contribution in [3.8, 4) is 11.1 Å². The van der Waals surface area contributed by atoms with Crippen LogP contribution in [0.25, 0.3) is 11.1 Å². The largest absolute Gasteiger partial charge is 0.786 e. The third kappa shape index (κ3) is 19.9. The molecule has 0 aliphatic heterocycles. The number of rotatable bonds is 21.